The van der Waals surface area contributed by atoms with Crippen molar-refractivity contribution < 1.29 is 22.8 Å². The van der Waals surface area contributed by atoms with Crippen molar-refractivity contribution in [1.82, 2.24) is 10.2 Å². The van der Waals surface area contributed by atoms with Gasteiger partial charge in [-0.25, -0.2) is 0 Å². The molecule has 0 aliphatic rings. The second-order valence-corrected chi connectivity index (χ2v) is 6.39. The predicted octanol–water partition coefficient (Wildman–Crippen LogP) is 3.87. The lowest BCUT2D eigenvalue weighted by Crippen LogP contribution is -2.37. The molecule has 2 rings (SSSR count). The van der Waals surface area contributed by atoms with Crippen LogP contribution in [0.3, 0.4) is 0 Å². The molecular weight excluding hydrogens is 357 g/mol. The maximum Gasteiger partial charge on any atom is 0.416 e. The number of carbonyl (C=O) groups is 2. The van der Waals surface area contributed by atoms with Crippen LogP contribution in [0.15, 0.2) is 54.6 Å². The molecule has 2 aromatic rings. The molecule has 0 heterocycles. The van der Waals surface area contributed by atoms with Crippen molar-refractivity contribution in [2.24, 2.45) is 0 Å². The zero-order valence-corrected chi connectivity index (χ0v) is 15.1. The van der Waals surface area contributed by atoms with Gasteiger partial charge in [0.15, 0.2) is 0 Å². The molecule has 0 spiro atoms. The topological polar surface area (TPSA) is 49.4 Å². The van der Waals surface area contributed by atoms with Crippen LogP contribution in [0.5, 0.6) is 0 Å². The third kappa shape index (κ3) is 6.13. The molecule has 2 aromatic carbocycles. The van der Waals surface area contributed by atoms with Crippen molar-refractivity contribution in [3.63, 3.8) is 0 Å². The Morgan fingerprint density at radius 3 is 2.19 bits per heavy atom. The van der Waals surface area contributed by atoms with Gasteiger partial charge in [-0.1, -0.05) is 30.3 Å². The summed E-state index contributed by atoms with van der Waals surface area (Å²) in [6.45, 7) is 1.92. The molecule has 144 valence electrons. The molecule has 0 saturated carbocycles. The lowest BCUT2D eigenvalue weighted by molar-refractivity contribution is -0.137. The number of amides is 2. The van der Waals surface area contributed by atoms with E-state index in [2.05, 4.69) is 5.32 Å². The molecule has 2 amide bonds. The first-order chi connectivity index (χ1) is 12.7. The van der Waals surface area contributed by atoms with Crippen LogP contribution < -0.4 is 5.32 Å². The van der Waals surface area contributed by atoms with Gasteiger partial charge >= 0.3 is 6.18 Å². The van der Waals surface area contributed by atoms with Crippen LogP contribution in [-0.2, 0) is 17.5 Å². The summed E-state index contributed by atoms with van der Waals surface area (Å²) in [7, 11) is 1.58. The number of alkyl halides is 3. The molecule has 0 aliphatic heterocycles. The largest absolute Gasteiger partial charge is 0.416 e. The molecule has 0 aromatic heterocycles. The van der Waals surface area contributed by atoms with E-state index in [9.17, 15) is 22.8 Å². The van der Waals surface area contributed by atoms with E-state index >= 15 is 0 Å². The van der Waals surface area contributed by atoms with Crippen molar-refractivity contribution in [3.8, 4) is 0 Å². The first-order valence-corrected chi connectivity index (χ1v) is 8.43. The Morgan fingerprint density at radius 1 is 1.04 bits per heavy atom. The maximum atomic E-state index is 12.6. The summed E-state index contributed by atoms with van der Waals surface area (Å²) in [5.74, 6) is -0.475. The fourth-order valence-corrected chi connectivity index (χ4v) is 2.53. The summed E-state index contributed by atoms with van der Waals surface area (Å²) in [6.07, 6.45) is -4.29. The average Bonchev–Trinajstić information content (AvgIpc) is 2.62. The Balaban J connectivity index is 1.86. The third-order valence-corrected chi connectivity index (χ3v) is 4.02. The van der Waals surface area contributed by atoms with E-state index in [-0.39, 0.29) is 30.8 Å². The number of nitrogens with zero attached hydrogens (tertiary/aromatic N) is 1. The monoisotopic (exact) mass is 378 g/mol. The molecule has 0 saturated heterocycles. The van der Waals surface area contributed by atoms with Gasteiger partial charge in [0.25, 0.3) is 5.91 Å². The lowest BCUT2D eigenvalue weighted by atomic mass is 10.1. The summed E-state index contributed by atoms with van der Waals surface area (Å²) >= 11 is 0. The normalized spacial score (nSPS) is 12.3. The molecule has 1 atom stereocenters. The van der Waals surface area contributed by atoms with Crippen LogP contribution in [0.1, 0.15) is 34.8 Å². The second kappa shape index (κ2) is 8.70. The zero-order valence-electron chi connectivity index (χ0n) is 15.1. The molecule has 0 unspecified atom stereocenters. The molecule has 0 bridgehead atoms. The Bertz CT molecular complexity index is 774. The van der Waals surface area contributed by atoms with Crippen molar-refractivity contribution in [2.75, 3.05) is 7.05 Å². The standard InChI is InChI=1S/C20H21F3N2O2/c1-14(24-19(27)16-6-4-3-5-7-16)12-18(26)25(2)13-15-8-10-17(11-9-15)20(21,22)23/h3-11,14H,12-13H2,1-2H3,(H,24,27)/t14-/m0/s1. The van der Waals surface area contributed by atoms with E-state index < -0.39 is 11.7 Å². The van der Waals surface area contributed by atoms with Crippen LogP contribution >= 0.6 is 0 Å². The van der Waals surface area contributed by atoms with Gasteiger partial charge < -0.3 is 10.2 Å². The number of rotatable bonds is 6. The summed E-state index contributed by atoms with van der Waals surface area (Å²) in [5, 5.41) is 2.76. The smallest absolute Gasteiger partial charge is 0.349 e. The Labute approximate surface area is 156 Å². The minimum absolute atomic E-state index is 0.0930. The highest BCUT2D eigenvalue weighted by molar-refractivity contribution is 5.94. The number of hydrogen-bond acceptors (Lipinski definition) is 2. The molecule has 27 heavy (non-hydrogen) atoms. The number of benzene rings is 2. The lowest BCUT2D eigenvalue weighted by Gasteiger charge is -2.21. The van der Waals surface area contributed by atoms with E-state index in [1.54, 1.807) is 44.3 Å². The van der Waals surface area contributed by atoms with Gasteiger partial charge in [0.05, 0.1) is 5.56 Å². The van der Waals surface area contributed by atoms with Gasteiger partial charge in [-0.05, 0) is 36.8 Å². The highest BCUT2D eigenvalue weighted by Gasteiger charge is 2.30. The van der Waals surface area contributed by atoms with Gasteiger partial charge in [0.2, 0.25) is 5.91 Å². The number of halogens is 3. The maximum absolute atomic E-state index is 12.6. The van der Waals surface area contributed by atoms with E-state index in [4.69, 9.17) is 0 Å². The quantitative estimate of drug-likeness (QED) is 0.830. The molecule has 1 N–H and O–H groups in total. The average molecular weight is 378 g/mol. The molecule has 4 nitrogen and oxygen atoms in total. The van der Waals surface area contributed by atoms with Crippen molar-refractivity contribution in [1.29, 1.82) is 0 Å². The highest BCUT2D eigenvalue weighted by atomic mass is 19.4. The van der Waals surface area contributed by atoms with Crippen LogP contribution in [0, 0.1) is 0 Å². The summed E-state index contributed by atoms with van der Waals surface area (Å²) in [5.41, 5.74) is 0.382. The second-order valence-electron chi connectivity index (χ2n) is 6.39. The molecule has 0 fully saturated rings. The fourth-order valence-electron chi connectivity index (χ4n) is 2.53. The van der Waals surface area contributed by atoms with Crippen LogP contribution in [0.4, 0.5) is 13.2 Å². The third-order valence-electron chi connectivity index (χ3n) is 4.02. The van der Waals surface area contributed by atoms with Crippen LogP contribution in [0.2, 0.25) is 0 Å². The number of nitrogens with one attached hydrogen (secondary N) is 1. The fraction of sp³-hybridized carbons (Fsp3) is 0.300. The summed E-state index contributed by atoms with van der Waals surface area (Å²) in [6, 6.07) is 13.0. The number of carbonyl (C=O) groups excluding carboxylic acids is 2. The SMILES string of the molecule is C[C@@H](CC(=O)N(C)Cc1ccc(C(F)(F)F)cc1)NC(=O)c1ccccc1. The molecular formula is C20H21F3N2O2. The number of hydrogen-bond donors (Lipinski definition) is 1. The zero-order chi connectivity index (χ0) is 20.0. The van der Waals surface area contributed by atoms with Gasteiger partial charge in [-0.3, -0.25) is 9.59 Å². The molecule has 7 heteroatoms. The van der Waals surface area contributed by atoms with Crippen LogP contribution in [-0.4, -0.2) is 29.8 Å². The Morgan fingerprint density at radius 2 is 1.63 bits per heavy atom. The van der Waals surface area contributed by atoms with Gasteiger partial charge in [0, 0.05) is 31.6 Å². The van der Waals surface area contributed by atoms with Crippen LogP contribution in [0.25, 0.3) is 0 Å². The highest BCUT2D eigenvalue weighted by Crippen LogP contribution is 2.29. The van der Waals surface area contributed by atoms with E-state index in [1.807, 2.05) is 0 Å². The van der Waals surface area contributed by atoms with Gasteiger partial charge in [-0.2, -0.15) is 13.2 Å². The van der Waals surface area contributed by atoms with Crippen molar-refractivity contribution in [2.45, 2.75) is 32.1 Å². The first-order valence-electron chi connectivity index (χ1n) is 8.43. The van der Waals surface area contributed by atoms with E-state index in [0.717, 1.165) is 12.1 Å². The Kier molecular flexibility index (Phi) is 6.60. The Hall–Kier alpha value is -2.83. The van der Waals surface area contributed by atoms with Crippen molar-refractivity contribution >= 4 is 11.8 Å². The van der Waals surface area contributed by atoms with Crippen molar-refractivity contribution in [3.05, 3.63) is 71.3 Å². The van der Waals surface area contributed by atoms with Gasteiger partial charge in [0.1, 0.15) is 0 Å². The summed E-state index contributed by atoms with van der Waals surface area (Å²) < 4.78 is 37.7. The minimum atomic E-state index is -4.38. The molecule has 0 radical (unpaired) electrons. The minimum Gasteiger partial charge on any atom is -0.349 e. The first kappa shape index (κ1) is 20.5. The van der Waals surface area contributed by atoms with E-state index in [1.165, 1.54) is 17.0 Å². The summed E-state index contributed by atoms with van der Waals surface area (Å²) in [4.78, 5) is 25.8. The predicted molar refractivity (Wildman–Crippen MR) is 95.9 cm³/mol. The van der Waals surface area contributed by atoms with E-state index in [0.29, 0.717) is 11.1 Å². The van der Waals surface area contributed by atoms with Gasteiger partial charge in [-0.15, -0.1) is 0 Å². The molecule has 0 aliphatic carbocycles.